The monoisotopic (exact) mass is 301 g/mol. The lowest BCUT2D eigenvalue weighted by Gasteiger charge is -2.16. The van der Waals surface area contributed by atoms with Gasteiger partial charge in [-0.15, -0.1) is 0 Å². The van der Waals surface area contributed by atoms with Crippen LogP contribution in [0, 0.1) is 12.8 Å². The number of aryl methyl sites for hydroxylation is 1. The minimum absolute atomic E-state index is 0.0413. The molecular weight excluding hydrogens is 286 g/mol. The first-order chi connectivity index (χ1) is 10.5. The van der Waals surface area contributed by atoms with Gasteiger partial charge in [-0.3, -0.25) is 15.0 Å². The van der Waals surface area contributed by atoms with Crippen molar-refractivity contribution < 1.29 is 19.1 Å². The minimum atomic E-state index is -0.924. The highest BCUT2D eigenvalue weighted by Gasteiger charge is 2.55. The standard InChI is InChI=1S/C15H15N3O4/c1-3-22-15(21)12-10-11(16-17-12)14(20)18(13(10)19)9-6-4-5-8(2)7-9/h4-7,10-11,16H,3H2,1-2H3. The number of carbonyl (C=O) groups excluding carboxylic acids is 3. The zero-order valence-corrected chi connectivity index (χ0v) is 12.2. The van der Waals surface area contributed by atoms with E-state index in [1.165, 1.54) is 0 Å². The number of fused-ring (bicyclic) bond motifs is 1. The van der Waals surface area contributed by atoms with Crippen LogP contribution in [0.3, 0.4) is 0 Å². The van der Waals surface area contributed by atoms with Gasteiger partial charge in [-0.1, -0.05) is 12.1 Å². The van der Waals surface area contributed by atoms with E-state index >= 15 is 0 Å². The topological polar surface area (TPSA) is 88.1 Å². The van der Waals surface area contributed by atoms with Crippen molar-refractivity contribution in [2.45, 2.75) is 19.9 Å². The van der Waals surface area contributed by atoms with E-state index in [-0.39, 0.29) is 12.3 Å². The van der Waals surface area contributed by atoms with Crippen molar-refractivity contribution in [2.75, 3.05) is 11.5 Å². The third kappa shape index (κ3) is 2.05. The molecule has 1 saturated heterocycles. The van der Waals surface area contributed by atoms with Crippen LogP contribution in [0.5, 0.6) is 0 Å². The maximum atomic E-state index is 12.6. The number of carbonyl (C=O) groups is 3. The predicted octanol–water partition coefficient (Wildman–Crippen LogP) is 0.375. The van der Waals surface area contributed by atoms with Crippen LogP contribution in [-0.2, 0) is 19.1 Å². The summed E-state index contributed by atoms with van der Waals surface area (Å²) in [5, 5.41) is 3.81. The maximum Gasteiger partial charge on any atom is 0.355 e. The van der Waals surface area contributed by atoms with Crippen molar-refractivity contribution in [2.24, 2.45) is 11.0 Å². The summed E-state index contributed by atoms with van der Waals surface area (Å²) in [6.07, 6.45) is 0. The van der Waals surface area contributed by atoms with Gasteiger partial charge in [0.15, 0.2) is 5.71 Å². The average Bonchev–Trinajstić information content (AvgIpc) is 3.01. The van der Waals surface area contributed by atoms with E-state index in [0.717, 1.165) is 10.5 Å². The van der Waals surface area contributed by atoms with Gasteiger partial charge in [0.05, 0.1) is 12.3 Å². The van der Waals surface area contributed by atoms with Crippen LogP contribution in [0.15, 0.2) is 29.4 Å². The van der Waals surface area contributed by atoms with Gasteiger partial charge < -0.3 is 4.74 Å². The molecule has 1 N–H and O–H groups in total. The summed E-state index contributed by atoms with van der Waals surface area (Å²) in [6, 6.07) is 6.24. The molecule has 1 aromatic rings. The van der Waals surface area contributed by atoms with Crippen molar-refractivity contribution in [1.82, 2.24) is 5.43 Å². The molecule has 0 aromatic heterocycles. The largest absolute Gasteiger partial charge is 0.461 e. The molecule has 22 heavy (non-hydrogen) atoms. The normalized spacial score (nSPS) is 23.2. The molecule has 2 unspecified atom stereocenters. The number of benzene rings is 1. The number of rotatable bonds is 3. The summed E-state index contributed by atoms with van der Waals surface area (Å²) in [5.74, 6) is -2.47. The quantitative estimate of drug-likeness (QED) is 0.644. The molecule has 0 radical (unpaired) electrons. The van der Waals surface area contributed by atoms with Gasteiger partial charge in [-0.05, 0) is 31.5 Å². The minimum Gasteiger partial charge on any atom is -0.461 e. The van der Waals surface area contributed by atoms with Crippen LogP contribution in [0.2, 0.25) is 0 Å². The number of imide groups is 1. The zero-order chi connectivity index (χ0) is 15.9. The van der Waals surface area contributed by atoms with Crippen molar-refractivity contribution >= 4 is 29.2 Å². The summed E-state index contributed by atoms with van der Waals surface area (Å²) in [4.78, 5) is 38.0. The van der Waals surface area contributed by atoms with Crippen LogP contribution in [-0.4, -0.2) is 36.1 Å². The number of ether oxygens (including phenoxy) is 1. The Kier molecular flexibility index (Phi) is 3.40. The van der Waals surface area contributed by atoms with Crippen LogP contribution in [0.4, 0.5) is 5.69 Å². The van der Waals surface area contributed by atoms with Crippen LogP contribution in [0.25, 0.3) is 0 Å². The number of esters is 1. The van der Waals surface area contributed by atoms with E-state index in [9.17, 15) is 14.4 Å². The van der Waals surface area contributed by atoms with E-state index < -0.39 is 29.7 Å². The van der Waals surface area contributed by atoms with Crippen molar-refractivity contribution in [3.05, 3.63) is 29.8 Å². The van der Waals surface area contributed by atoms with Crippen LogP contribution in [0.1, 0.15) is 12.5 Å². The lowest BCUT2D eigenvalue weighted by Crippen LogP contribution is -2.36. The lowest BCUT2D eigenvalue weighted by molar-refractivity contribution is -0.136. The van der Waals surface area contributed by atoms with E-state index in [2.05, 4.69) is 10.5 Å². The van der Waals surface area contributed by atoms with Gasteiger partial charge in [0.2, 0.25) is 5.91 Å². The number of nitrogens with one attached hydrogen (secondary N) is 1. The second-order valence-electron chi connectivity index (χ2n) is 5.15. The Bertz CT molecular complexity index is 698. The highest BCUT2D eigenvalue weighted by Crippen LogP contribution is 2.31. The molecule has 114 valence electrons. The second kappa shape index (κ2) is 5.25. The average molecular weight is 301 g/mol. The maximum absolute atomic E-state index is 12.6. The summed E-state index contributed by atoms with van der Waals surface area (Å²) in [6.45, 7) is 3.72. The van der Waals surface area contributed by atoms with Crippen molar-refractivity contribution in [1.29, 1.82) is 0 Å². The number of amides is 2. The molecule has 3 rings (SSSR count). The van der Waals surface area contributed by atoms with Crippen molar-refractivity contribution in [3.63, 3.8) is 0 Å². The van der Waals surface area contributed by atoms with Gasteiger partial charge in [0.1, 0.15) is 12.0 Å². The highest BCUT2D eigenvalue weighted by molar-refractivity contribution is 6.46. The number of hydrogen-bond donors (Lipinski definition) is 1. The summed E-state index contributed by atoms with van der Waals surface area (Å²) in [5.41, 5.74) is 3.96. The third-order valence-corrected chi connectivity index (χ3v) is 3.67. The smallest absolute Gasteiger partial charge is 0.355 e. The lowest BCUT2D eigenvalue weighted by atomic mass is 9.99. The van der Waals surface area contributed by atoms with Crippen LogP contribution >= 0.6 is 0 Å². The molecular formula is C15H15N3O4. The Morgan fingerprint density at radius 3 is 2.82 bits per heavy atom. The fourth-order valence-corrected chi connectivity index (χ4v) is 2.68. The molecule has 0 bridgehead atoms. The Hall–Kier alpha value is -2.70. The SMILES string of the molecule is CCOC(=O)C1=NNC2C(=O)N(c3cccc(C)c3)C(=O)C12. The summed E-state index contributed by atoms with van der Waals surface area (Å²) >= 11 is 0. The second-order valence-corrected chi connectivity index (χ2v) is 5.15. The molecule has 0 spiro atoms. The molecule has 0 saturated carbocycles. The Labute approximate surface area is 126 Å². The Balaban J connectivity index is 1.93. The Morgan fingerprint density at radius 1 is 1.36 bits per heavy atom. The molecule has 7 nitrogen and oxygen atoms in total. The molecule has 0 aliphatic carbocycles. The molecule has 2 aliphatic rings. The van der Waals surface area contributed by atoms with Crippen LogP contribution < -0.4 is 10.3 Å². The first kappa shape index (κ1) is 14.2. The van der Waals surface area contributed by atoms with E-state index in [1.807, 2.05) is 13.0 Å². The van der Waals surface area contributed by atoms with Gasteiger partial charge in [-0.2, -0.15) is 5.10 Å². The number of nitrogens with zero attached hydrogens (tertiary/aromatic N) is 2. The van der Waals surface area contributed by atoms with Crippen molar-refractivity contribution in [3.8, 4) is 0 Å². The first-order valence-corrected chi connectivity index (χ1v) is 6.99. The molecule has 7 heteroatoms. The number of hydrogen-bond acceptors (Lipinski definition) is 6. The Morgan fingerprint density at radius 2 is 2.14 bits per heavy atom. The molecule has 2 atom stereocenters. The van der Waals surface area contributed by atoms with E-state index in [4.69, 9.17) is 4.74 Å². The van der Waals surface area contributed by atoms with Gasteiger partial charge in [0, 0.05) is 0 Å². The molecule has 2 aliphatic heterocycles. The van der Waals surface area contributed by atoms with E-state index in [1.54, 1.807) is 25.1 Å². The first-order valence-electron chi connectivity index (χ1n) is 6.99. The van der Waals surface area contributed by atoms with E-state index in [0.29, 0.717) is 5.69 Å². The molecule has 1 aromatic carbocycles. The third-order valence-electron chi connectivity index (χ3n) is 3.67. The highest BCUT2D eigenvalue weighted by atomic mass is 16.5. The number of hydrazone groups is 1. The van der Waals surface area contributed by atoms with Gasteiger partial charge in [-0.25, -0.2) is 9.69 Å². The fraction of sp³-hybridized carbons (Fsp3) is 0.333. The zero-order valence-electron chi connectivity index (χ0n) is 12.2. The predicted molar refractivity (Wildman–Crippen MR) is 78.2 cm³/mol. The van der Waals surface area contributed by atoms with Gasteiger partial charge in [0.25, 0.3) is 5.91 Å². The summed E-state index contributed by atoms with van der Waals surface area (Å²) in [7, 11) is 0. The molecule has 2 heterocycles. The number of anilines is 1. The fourth-order valence-electron chi connectivity index (χ4n) is 2.68. The van der Waals surface area contributed by atoms with Gasteiger partial charge >= 0.3 is 5.97 Å². The summed E-state index contributed by atoms with van der Waals surface area (Å²) < 4.78 is 4.89. The molecule has 1 fully saturated rings. The molecule has 2 amide bonds.